The van der Waals surface area contributed by atoms with E-state index in [0.717, 1.165) is 25.7 Å². The largest absolute Gasteiger partial charge is 0.394 e. The Morgan fingerprint density at radius 1 is 0.886 bits per heavy atom. The van der Waals surface area contributed by atoms with Crippen molar-refractivity contribution in [2.75, 3.05) is 46.2 Å². The molecule has 208 valence electrons. The first-order valence-electron chi connectivity index (χ1n) is 13.3. The number of hydrogen-bond acceptors (Lipinski definition) is 8. The lowest BCUT2D eigenvalue weighted by Crippen LogP contribution is -2.66. The van der Waals surface area contributed by atoms with E-state index in [1.807, 2.05) is 6.92 Å². The van der Waals surface area contributed by atoms with Crippen molar-refractivity contribution in [2.24, 2.45) is 5.41 Å². The Bertz CT molecular complexity index is 600. The van der Waals surface area contributed by atoms with E-state index in [1.165, 1.54) is 5.57 Å². The summed E-state index contributed by atoms with van der Waals surface area (Å²) in [6.45, 7) is 15.1. The topological polar surface area (TPSA) is 107 Å². The lowest BCUT2D eigenvalue weighted by atomic mass is 9.70. The third-order valence-corrected chi connectivity index (χ3v) is 7.60. The SMILES string of the molecule is C/C=C(/C)[C@](C)(CC)C1OC(COCCO)C(O[C@@](C)(CC)CCC)C(OCCO)C1OCCO. The predicted octanol–water partition coefficient (Wildman–Crippen LogP) is 3.25. The van der Waals surface area contributed by atoms with Crippen LogP contribution in [0, 0.1) is 5.41 Å². The number of aliphatic hydroxyl groups is 3. The van der Waals surface area contributed by atoms with Gasteiger partial charge in [0.1, 0.15) is 24.4 Å². The molecule has 0 aromatic carbocycles. The molecule has 0 aliphatic carbocycles. The molecule has 5 unspecified atom stereocenters. The van der Waals surface area contributed by atoms with Crippen LogP contribution in [-0.4, -0.2) is 97.7 Å². The normalized spacial score (nSPS) is 29.1. The second-order valence-electron chi connectivity index (χ2n) is 9.89. The predicted molar refractivity (Wildman–Crippen MR) is 137 cm³/mol. The van der Waals surface area contributed by atoms with Gasteiger partial charge in [0.15, 0.2) is 0 Å². The Morgan fingerprint density at radius 3 is 1.97 bits per heavy atom. The molecule has 0 spiro atoms. The zero-order chi connectivity index (χ0) is 26.5. The summed E-state index contributed by atoms with van der Waals surface area (Å²) in [7, 11) is 0. The first-order valence-corrected chi connectivity index (χ1v) is 13.3. The summed E-state index contributed by atoms with van der Waals surface area (Å²) < 4.78 is 31.8. The first kappa shape index (κ1) is 32.4. The van der Waals surface area contributed by atoms with Crippen LogP contribution in [-0.2, 0) is 23.7 Å². The maximum atomic E-state index is 9.61. The molecule has 8 heteroatoms. The molecular formula is C27H52O8. The van der Waals surface area contributed by atoms with E-state index in [4.69, 9.17) is 23.7 Å². The standard InChI is InChI=1S/C27H52O8/c1-8-12-26(6,10-3)35-22-21(19-31-16-13-28)34-25(27(7,11-4)20(5)9-2)24(33-18-15-30)23(22)32-17-14-29/h9,21-25,28-30H,8,10-19H2,1-7H3/b20-9-/t21?,22?,23?,24?,25?,26-,27-/m0/s1. The number of rotatable bonds is 18. The van der Waals surface area contributed by atoms with Crippen molar-refractivity contribution < 1.29 is 39.0 Å². The number of aliphatic hydroxyl groups excluding tert-OH is 3. The highest BCUT2D eigenvalue weighted by molar-refractivity contribution is 5.16. The molecule has 1 rings (SSSR count). The minimum Gasteiger partial charge on any atom is -0.394 e. The maximum absolute atomic E-state index is 9.61. The van der Waals surface area contributed by atoms with Gasteiger partial charge in [-0.15, -0.1) is 0 Å². The molecule has 35 heavy (non-hydrogen) atoms. The van der Waals surface area contributed by atoms with Crippen molar-refractivity contribution in [1.82, 2.24) is 0 Å². The van der Waals surface area contributed by atoms with Gasteiger partial charge < -0.3 is 39.0 Å². The van der Waals surface area contributed by atoms with E-state index >= 15 is 0 Å². The van der Waals surface area contributed by atoms with E-state index in [2.05, 4.69) is 47.6 Å². The van der Waals surface area contributed by atoms with Crippen LogP contribution in [0.4, 0.5) is 0 Å². The molecule has 0 amide bonds. The van der Waals surface area contributed by atoms with Crippen molar-refractivity contribution in [3.8, 4) is 0 Å². The molecule has 1 saturated heterocycles. The molecule has 1 fully saturated rings. The molecule has 0 saturated carbocycles. The van der Waals surface area contributed by atoms with Crippen molar-refractivity contribution in [3.05, 3.63) is 11.6 Å². The van der Waals surface area contributed by atoms with Crippen molar-refractivity contribution in [2.45, 2.75) is 110 Å². The van der Waals surface area contributed by atoms with Gasteiger partial charge in [-0.3, -0.25) is 0 Å². The number of ether oxygens (including phenoxy) is 5. The molecule has 1 heterocycles. The molecule has 1 aliphatic heterocycles. The summed E-state index contributed by atoms with van der Waals surface area (Å²) in [6, 6.07) is 0. The Labute approximate surface area is 212 Å². The summed E-state index contributed by atoms with van der Waals surface area (Å²) in [4.78, 5) is 0. The van der Waals surface area contributed by atoms with Gasteiger partial charge in [-0.25, -0.2) is 0 Å². The number of allylic oxidation sites excluding steroid dienone is 1. The fourth-order valence-electron chi connectivity index (χ4n) is 4.93. The minimum atomic E-state index is -0.548. The van der Waals surface area contributed by atoms with E-state index in [0.29, 0.717) is 0 Å². The van der Waals surface area contributed by atoms with Crippen LogP contribution < -0.4 is 0 Å². The first-order chi connectivity index (χ1) is 16.7. The van der Waals surface area contributed by atoms with Crippen LogP contribution in [0.1, 0.15) is 74.1 Å². The fourth-order valence-corrected chi connectivity index (χ4v) is 4.93. The van der Waals surface area contributed by atoms with E-state index in [9.17, 15) is 15.3 Å². The molecule has 0 aromatic rings. The average Bonchev–Trinajstić information content (AvgIpc) is 2.86. The van der Waals surface area contributed by atoms with Crippen LogP contribution >= 0.6 is 0 Å². The Morgan fingerprint density at radius 2 is 1.49 bits per heavy atom. The molecule has 0 aromatic heterocycles. The summed E-state index contributed by atoms with van der Waals surface area (Å²) in [6.07, 6.45) is 3.06. The van der Waals surface area contributed by atoms with Crippen molar-refractivity contribution >= 4 is 0 Å². The van der Waals surface area contributed by atoms with E-state index in [1.54, 1.807) is 0 Å². The average molecular weight is 505 g/mol. The second kappa shape index (κ2) is 16.3. The lowest BCUT2D eigenvalue weighted by Gasteiger charge is -2.53. The third kappa shape index (κ3) is 8.75. The van der Waals surface area contributed by atoms with Gasteiger partial charge in [-0.1, -0.05) is 45.8 Å². The van der Waals surface area contributed by atoms with E-state index < -0.39 is 36.1 Å². The molecule has 0 bridgehead atoms. The maximum Gasteiger partial charge on any atom is 0.115 e. The van der Waals surface area contributed by atoms with Crippen molar-refractivity contribution in [1.29, 1.82) is 0 Å². The zero-order valence-corrected chi connectivity index (χ0v) is 23.1. The van der Waals surface area contributed by atoms with Gasteiger partial charge in [0.2, 0.25) is 0 Å². The Kier molecular flexibility index (Phi) is 15.1. The second-order valence-corrected chi connectivity index (χ2v) is 9.89. The lowest BCUT2D eigenvalue weighted by molar-refractivity contribution is -0.300. The van der Waals surface area contributed by atoms with Gasteiger partial charge in [-0.2, -0.15) is 0 Å². The smallest absolute Gasteiger partial charge is 0.115 e. The van der Waals surface area contributed by atoms with Gasteiger partial charge in [0, 0.05) is 5.41 Å². The Balaban J connectivity index is 3.58. The molecular weight excluding hydrogens is 452 g/mol. The summed E-state index contributed by atoms with van der Waals surface area (Å²) in [5.41, 5.74) is 0.399. The Hall–Kier alpha value is -0.580. The van der Waals surface area contributed by atoms with E-state index in [-0.39, 0.29) is 51.7 Å². The quantitative estimate of drug-likeness (QED) is 0.193. The highest BCUT2D eigenvalue weighted by atomic mass is 16.6. The number of hydrogen-bond donors (Lipinski definition) is 3. The molecule has 3 N–H and O–H groups in total. The fraction of sp³-hybridized carbons (Fsp3) is 0.926. The summed E-state index contributed by atoms with van der Waals surface area (Å²) in [5, 5.41) is 28.5. The van der Waals surface area contributed by atoms with Crippen molar-refractivity contribution in [3.63, 3.8) is 0 Å². The van der Waals surface area contributed by atoms with Gasteiger partial charge in [0.05, 0.1) is 58.0 Å². The molecule has 7 atom stereocenters. The molecule has 1 aliphatic rings. The van der Waals surface area contributed by atoms with Crippen LogP contribution in [0.15, 0.2) is 11.6 Å². The summed E-state index contributed by atoms with van der Waals surface area (Å²) >= 11 is 0. The summed E-state index contributed by atoms with van der Waals surface area (Å²) in [5.74, 6) is 0. The minimum absolute atomic E-state index is 0.0821. The highest BCUT2D eigenvalue weighted by Crippen LogP contribution is 2.44. The van der Waals surface area contributed by atoms with Gasteiger partial charge in [0.25, 0.3) is 0 Å². The van der Waals surface area contributed by atoms with Gasteiger partial charge >= 0.3 is 0 Å². The van der Waals surface area contributed by atoms with Gasteiger partial charge in [-0.05, 0) is 40.0 Å². The van der Waals surface area contributed by atoms with Crippen LogP contribution in [0.3, 0.4) is 0 Å². The zero-order valence-electron chi connectivity index (χ0n) is 23.1. The molecule has 0 radical (unpaired) electrons. The van der Waals surface area contributed by atoms with Crippen LogP contribution in [0.2, 0.25) is 0 Å². The molecule has 8 nitrogen and oxygen atoms in total. The van der Waals surface area contributed by atoms with Crippen LogP contribution in [0.5, 0.6) is 0 Å². The third-order valence-electron chi connectivity index (χ3n) is 7.60. The van der Waals surface area contributed by atoms with Crippen LogP contribution in [0.25, 0.3) is 0 Å². The monoisotopic (exact) mass is 504 g/mol. The highest BCUT2D eigenvalue weighted by Gasteiger charge is 2.55.